The van der Waals surface area contributed by atoms with E-state index >= 15 is 0 Å². The number of rotatable bonds is 4. The maximum atomic E-state index is 12.6. The molecule has 114 valence electrons. The number of amides is 1. The van der Waals surface area contributed by atoms with Gasteiger partial charge in [-0.05, 0) is 24.8 Å². The fourth-order valence-electron chi connectivity index (χ4n) is 3.08. The van der Waals surface area contributed by atoms with Crippen LogP contribution in [0.3, 0.4) is 0 Å². The van der Waals surface area contributed by atoms with Crippen LogP contribution in [0.4, 0.5) is 0 Å². The number of likely N-dealkylation sites (tertiary alicyclic amines) is 1. The van der Waals surface area contributed by atoms with Crippen LogP contribution in [0.2, 0.25) is 0 Å². The number of aliphatic hydroxyl groups is 1. The third-order valence-electron chi connectivity index (χ3n) is 4.16. The van der Waals surface area contributed by atoms with Crippen molar-refractivity contribution in [2.45, 2.75) is 36.0 Å². The predicted molar refractivity (Wildman–Crippen MR) is 89.5 cm³/mol. The molecule has 0 saturated carbocycles. The molecule has 2 aliphatic rings. The van der Waals surface area contributed by atoms with Gasteiger partial charge in [0.1, 0.15) is 4.58 Å². The first kappa shape index (κ1) is 15.3. The molecule has 0 spiro atoms. The average Bonchev–Trinajstić information content (AvgIpc) is 3.19. The Hall–Kier alpha value is -0.650. The van der Waals surface area contributed by atoms with Crippen LogP contribution in [0.1, 0.15) is 30.9 Å². The van der Waals surface area contributed by atoms with E-state index in [2.05, 4.69) is 0 Å². The van der Waals surface area contributed by atoms with Gasteiger partial charge >= 0.3 is 0 Å². The lowest BCUT2D eigenvalue weighted by atomic mass is 10.0. The van der Waals surface area contributed by atoms with Gasteiger partial charge in [-0.2, -0.15) is 0 Å². The van der Waals surface area contributed by atoms with Crippen molar-refractivity contribution in [1.29, 1.82) is 0 Å². The topological polar surface area (TPSA) is 40.5 Å². The molecule has 1 N–H and O–H groups in total. The van der Waals surface area contributed by atoms with E-state index in [4.69, 9.17) is 0 Å². The molecule has 2 atom stereocenters. The van der Waals surface area contributed by atoms with E-state index in [0.717, 1.165) is 36.5 Å². The van der Waals surface area contributed by atoms with Gasteiger partial charge in [0.25, 0.3) is 0 Å². The van der Waals surface area contributed by atoms with Gasteiger partial charge in [0.15, 0.2) is 0 Å². The Kier molecular flexibility index (Phi) is 5.14. The highest BCUT2D eigenvalue weighted by molar-refractivity contribution is 8.21. The molecule has 2 saturated heterocycles. The molecule has 3 nitrogen and oxygen atoms in total. The van der Waals surface area contributed by atoms with Gasteiger partial charge in [-0.1, -0.05) is 30.3 Å². The lowest BCUT2D eigenvalue weighted by molar-refractivity contribution is -0.130. The first-order chi connectivity index (χ1) is 10.3. The molecule has 1 amide bonds. The Bertz CT molecular complexity index is 476. The van der Waals surface area contributed by atoms with Crippen LogP contribution >= 0.6 is 23.5 Å². The third-order valence-corrected chi connectivity index (χ3v) is 7.13. The van der Waals surface area contributed by atoms with Gasteiger partial charge in [0, 0.05) is 24.1 Å². The van der Waals surface area contributed by atoms with Crippen LogP contribution in [0.15, 0.2) is 30.3 Å². The summed E-state index contributed by atoms with van der Waals surface area (Å²) in [6, 6.07) is 9.94. The highest BCUT2D eigenvalue weighted by Gasteiger charge is 2.36. The van der Waals surface area contributed by atoms with Crippen molar-refractivity contribution in [1.82, 2.24) is 4.90 Å². The minimum atomic E-state index is -0.478. The minimum Gasteiger partial charge on any atom is -0.388 e. The Morgan fingerprint density at radius 3 is 2.71 bits per heavy atom. The van der Waals surface area contributed by atoms with Crippen molar-refractivity contribution >= 4 is 29.4 Å². The Morgan fingerprint density at radius 2 is 2.00 bits per heavy atom. The molecule has 0 aromatic heterocycles. The van der Waals surface area contributed by atoms with Crippen LogP contribution in [-0.2, 0) is 4.79 Å². The van der Waals surface area contributed by atoms with Gasteiger partial charge in [-0.3, -0.25) is 4.79 Å². The normalized spacial score (nSPS) is 24.4. The first-order valence-electron chi connectivity index (χ1n) is 7.52. The molecule has 1 aromatic carbocycles. The maximum absolute atomic E-state index is 12.6. The van der Waals surface area contributed by atoms with Gasteiger partial charge in [-0.25, -0.2) is 0 Å². The summed E-state index contributed by atoms with van der Waals surface area (Å²) in [5.74, 6) is 2.42. The van der Waals surface area contributed by atoms with E-state index in [1.807, 2.05) is 35.2 Å². The van der Waals surface area contributed by atoms with Crippen molar-refractivity contribution < 1.29 is 9.90 Å². The number of aliphatic hydroxyl groups excluding tert-OH is 1. The summed E-state index contributed by atoms with van der Waals surface area (Å²) in [6.07, 6.45) is 2.24. The average molecular weight is 323 g/mol. The summed E-state index contributed by atoms with van der Waals surface area (Å²) in [6.45, 7) is 0.850. The highest BCUT2D eigenvalue weighted by Crippen LogP contribution is 2.36. The Labute approximate surface area is 134 Å². The Morgan fingerprint density at radius 1 is 1.29 bits per heavy atom. The van der Waals surface area contributed by atoms with Crippen molar-refractivity contribution in [3.8, 4) is 0 Å². The quantitative estimate of drug-likeness (QED) is 0.925. The lowest BCUT2D eigenvalue weighted by Gasteiger charge is -2.28. The number of hydrogen-bond donors (Lipinski definition) is 1. The summed E-state index contributed by atoms with van der Waals surface area (Å²) < 4.78 is 0.0828. The number of thioether (sulfide) groups is 2. The van der Waals surface area contributed by atoms with Crippen molar-refractivity contribution in [3.05, 3.63) is 35.9 Å². The van der Waals surface area contributed by atoms with Gasteiger partial charge in [-0.15, -0.1) is 23.5 Å². The molecular weight excluding hydrogens is 302 g/mol. The van der Waals surface area contributed by atoms with Crippen molar-refractivity contribution in [2.24, 2.45) is 0 Å². The molecule has 0 aliphatic carbocycles. The second kappa shape index (κ2) is 7.07. The molecule has 0 bridgehead atoms. The second-order valence-electron chi connectivity index (χ2n) is 5.56. The molecule has 2 aliphatic heterocycles. The van der Waals surface area contributed by atoms with Crippen LogP contribution in [-0.4, -0.2) is 44.6 Å². The Balaban J connectivity index is 1.62. The summed E-state index contributed by atoms with van der Waals surface area (Å²) in [5, 5.41) is 10.4. The fraction of sp³-hybridized carbons (Fsp3) is 0.562. The summed E-state index contributed by atoms with van der Waals surface area (Å²) in [5.41, 5.74) is 0.946. The summed E-state index contributed by atoms with van der Waals surface area (Å²) in [4.78, 5) is 14.6. The maximum Gasteiger partial charge on any atom is 0.246 e. The van der Waals surface area contributed by atoms with Gasteiger partial charge < -0.3 is 10.0 Å². The number of benzene rings is 1. The first-order valence-corrected chi connectivity index (χ1v) is 9.62. The molecule has 2 fully saturated rings. The van der Waals surface area contributed by atoms with E-state index in [1.165, 1.54) is 0 Å². The summed E-state index contributed by atoms with van der Waals surface area (Å²) >= 11 is 3.53. The van der Waals surface area contributed by atoms with E-state index in [0.29, 0.717) is 6.42 Å². The van der Waals surface area contributed by atoms with Crippen LogP contribution in [0, 0.1) is 0 Å². The van der Waals surface area contributed by atoms with Gasteiger partial charge in [0.05, 0.1) is 6.10 Å². The zero-order valence-corrected chi connectivity index (χ0v) is 13.6. The third kappa shape index (κ3) is 3.58. The van der Waals surface area contributed by atoms with E-state index in [-0.39, 0.29) is 16.5 Å². The molecule has 21 heavy (non-hydrogen) atoms. The molecule has 5 heteroatoms. The number of carbonyl (C=O) groups excluding carboxylic acids is 1. The highest BCUT2D eigenvalue weighted by atomic mass is 32.2. The van der Waals surface area contributed by atoms with Crippen molar-refractivity contribution in [3.63, 3.8) is 0 Å². The number of carbonyl (C=O) groups is 1. The number of nitrogens with zero attached hydrogens (tertiary/aromatic N) is 1. The largest absolute Gasteiger partial charge is 0.388 e. The number of hydrogen-bond acceptors (Lipinski definition) is 4. The zero-order valence-electron chi connectivity index (χ0n) is 12.0. The van der Waals surface area contributed by atoms with Crippen LogP contribution in [0.5, 0.6) is 0 Å². The van der Waals surface area contributed by atoms with Crippen LogP contribution in [0.25, 0.3) is 0 Å². The standard InChI is InChI=1S/C16H21NO2S2/c18-14(12-5-2-1-3-6-12)11-13-7-4-8-17(13)15(19)16-20-9-10-21-16/h1-3,5-6,13-14,16,18H,4,7-11H2/t13-,14+/m0/s1. The molecule has 0 radical (unpaired) electrons. The van der Waals surface area contributed by atoms with Gasteiger partial charge in [0.2, 0.25) is 5.91 Å². The SMILES string of the molecule is O=C(C1SCCS1)N1CCC[C@H]1C[C@@H](O)c1ccccc1. The summed E-state index contributed by atoms with van der Waals surface area (Å²) in [7, 11) is 0. The smallest absolute Gasteiger partial charge is 0.246 e. The monoisotopic (exact) mass is 323 g/mol. The van der Waals surface area contributed by atoms with Crippen LogP contribution < -0.4 is 0 Å². The molecular formula is C16H21NO2S2. The van der Waals surface area contributed by atoms with E-state index in [1.54, 1.807) is 23.5 Å². The molecule has 2 heterocycles. The molecule has 3 rings (SSSR count). The fourth-order valence-corrected chi connectivity index (χ4v) is 5.79. The molecule has 0 unspecified atom stereocenters. The zero-order chi connectivity index (χ0) is 14.7. The lowest BCUT2D eigenvalue weighted by Crippen LogP contribution is -2.40. The van der Waals surface area contributed by atoms with E-state index < -0.39 is 6.10 Å². The predicted octanol–water partition coefficient (Wildman–Crippen LogP) is 2.91. The minimum absolute atomic E-state index is 0.0828. The molecule has 1 aromatic rings. The van der Waals surface area contributed by atoms with Crippen molar-refractivity contribution in [2.75, 3.05) is 18.1 Å². The second-order valence-corrected chi connectivity index (χ2v) is 8.29. The van der Waals surface area contributed by atoms with E-state index in [9.17, 15) is 9.90 Å².